The lowest BCUT2D eigenvalue weighted by Crippen LogP contribution is -2.50. The van der Waals surface area contributed by atoms with Crippen molar-refractivity contribution in [3.63, 3.8) is 0 Å². The topological polar surface area (TPSA) is 70.7 Å². The maximum Gasteiger partial charge on any atom is 0.266 e. The van der Waals surface area contributed by atoms with Gasteiger partial charge in [-0.1, -0.05) is 41.9 Å². The van der Waals surface area contributed by atoms with Crippen molar-refractivity contribution in [3.05, 3.63) is 59.1 Å². The Labute approximate surface area is 174 Å². The minimum absolute atomic E-state index is 0. The summed E-state index contributed by atoms with van der Waals surface area (Å²) in [6, 6.07) is 14.6. The number of halogens is 2. The Kier molecular flexibility index (Phi) is 6.44. The molecule has 2 amide bonds. The average molecular weight is 422 g/mol. The van der Waals surface area contributed by atoms with Gasteiger partial charge in [0.25, 0.3) is 5.91 Å². The van der Waals surface area contributed by atoms with Crippen molar-refractivity contribution in [2.24, 2.45) is 0 Å². The summed E-state index contributed by atoms with van der Waals surface area (Å²) in [5.74, 6) is 0.158. The molecule has 6 nitrogen and oxygen atoms in total. The minimum Gasteiger partial charge on any atom is -0.478 e. The molecule has 0 radical (unpaired) electrons. The Morgan fingerprint density at radius 1 is 1.18 bits per heavy atom. The Morgan fingerprint density at radius 2 is 1.93 bits per heavy atom. The van der Waals surface area contributed by atoms with E-state index in [4.69, 9.17) is 16.3 Å². The Bertz CT molecular complexity index is 877. The summed E-state index contributed by atoms with van der Waals surface area (Å²) in [7, 11) is 0. The maximum absolute atomic E-state index is 13.0. The molecule has 2 aromatic rings. The number of fused-ring (bicyclic) bond motifs is 1. The first kappa shape index (κ1) is 20.5. The summed E-state index contributed by atoms with van der Waals surface area (Å²) >= 11 is 6.34. The molecule has 8 heteroatoms. The number of carbonyl (C=O) groups excluding carboxylic acids is 2. The predicted octanol–water partition coefficient (Wildman–Crippen LogP) is 3.02. The smallest absolute Gasteiger partial charge is 0.266 e. The van der Waals surface area contributed by atoms with Gasteiger partial charge in [0.1, 0.15) is 5.75 Å². The number of hydrogen-bond acceptors (Lipinski definition) is 4. The second-order valence-corrected chi connectivity index (χ2v) is 7.03. The molecule has 2 heterocycles. The summed E-state index contributed by atoms with van der Waals surface area (Å²) in [6.45, 7) is 1.88. The van der Waals surface area contributed by atoms with Crippen LogP contribution in [0, 0.1) is 0 Å². The van der Waals surface area contributed by atoms with Crippen LogP contribution in [0.2, 0.25) is 5.02 Å². The van der Waals surface area contributed by atoms with Gasteiger partial charge < -0.3 is 20.3 Å². The molecule has 2 atom stereocenters. The molecule has 2 aliphatic heterocycles. The van der Waals surface area contributed by atoms with Gasteiger partial charge in [0, 0.05) is 24.7 Å². The van der Waals surface area contributed by atoms with Crippen LogP contribution in [0.25, 0.3) is 0 Å². The summed E-state index contributed by atoms with van der Waals surface area (Å²) in [5.41, 5.74) is 1.53. The Hall–Kier alpha value is -2.28. The Balaban J connectivity index is 0.00000225. The number of amides is 2. The molecule has 2 aliphatic rings. The highest BCUT2D eigenvalue weighted by molar-refractivity contribution is 6.31. The van der Waals surface area contributed by atoms with Gasteiger partial charge in [-0.05, 0) is 23.8 Å². The number of anilines is 1. The van der Waals surface area contributed by atoms with Crippen molar-refractivity contribution in [1.29, 1.82) is 0 Å². The van der Waals surface area contributed by atoms with Crippen molar-refractivity contribution < 1.29 is 14.3 Å². The van der Waals surface area contributed by atoms with Gasteiger partial charge >= 0.3 is 0 Å². The number of para-hydroxylation sites is 2. The fourth-order valence-corrected chi connectivity index (χ4v) is 3.79. The molecule has 0 aromatic heterocycles. The molecule has 2 unspecified atom stereocenters. The van der Waals surface area contributed by atoms with Crippen molar-refractivity contribution in [2.75, 3.05) is 25.0 Å². The van der Waals surface area contributed by atoms with Crippen LogP contribution in [-0.4, -0.2) is 42.5 Å². The van der Waals surface area contributed by atoms with Crippen LogP contribution < -0.4 is 15.4 Å². The lowest BCUT2D eigenvalue weighted by atomic mass is 10.0. The van der Waals surface area contributed by atoms with E-state index < -0.39 is 6.10 Å². The number of hydrogen-bond donors (Lipinski definition) is 2. The van der Waals surface area contributed by atoms with Crippen LogP contribution in [-0.2, 0) is 9.59 Å². The van der Waals surface area contributed by atoms with E-state index >= 15 is 0 Å². The average Bonchev–Trinajstić information content (AvgIpc) is 2.69. The second kappa shape index (κ2) is 8.82. The second-order valence-electron chi connectivity index (χ2n) is 6.62. The van der Waals surface area contributed by atoms with E-state index in [1.54, 1.807) is 17.0 Å². The highest BCUT2D eigenvalue weighted by atomic mass is 35.5. The monoisotopic (exact) mass is 421 g/mol. The third-order valence-electron chi connectivity index (χ3n) is 4.89. The normalized spacial score (nSPS) is 21.0. The molecule has 2 aromatic carbocycles. The number of carbonyl (C=O) groups is 2. The first-order valence-corrected chi connectivity index (χ1v) is 9.32. The zero-order chi connectivity index (χ0) is 18.8. The number of ether oxygens (including phenoxy) is 1. The highest BCUT2D eigenvalue weighted by Crippen LogP contribution is 2.32. The fourth-order valence-electron chi connectivity index (χ4n) is 3.53. The number of benzene rings is 2. The van der Waals surface area contributed by atoms with Crippen LogP contribution in [0.5, 0.6) is 5.75 Å². The molecule has 0 spiro atoms. The van der Waals surface area contributed by atoms with Crippen LogP contribution in [0.3, 0.4) is 0 Å². The summed E-state index contributed by atoms with van der Waals surface area (Å²) in [5, 5.41) is 6.74. The van der Waals surface area contributed by atoms with Crippen molar-refractivity contribution in [3.8, 4) is 5.75 Å². The summed E-state index contributed by atoms with van der Waals surface area (Å²) in [4.78, 5) is 27.1. The van der Waals surface area contributed by atoms with Crippen molar-refractivity contribution >= 4 is 41.5 Å². The summed E-state index contributed by atoms with van der Waals surface area (Å²) < 4.78 is 5.77. The molecule has 0 saturated carbocycles. The lowest BCUT2D eigenvalue weighted by molar-refractivity contribution is -0.139. The van der Waals surface area contributed by atoms with Gasteiger partial charge in [0.2, 0.25) is 5.91 Å². The number of rotatable bonds is 3. The van der Waals surface area contributed by atoms with E-state index in [1.165, 1.54) is 0 Å². The molecule has 4 rings (SSSR count). The van der Waals surface area contributed by atoms with E-state index in [2.05, 4.69) is 10.6 Å². The zero-order valence-corrected chi connectivity index (χ0v) is 16.6. The van der Waals surface area contributed by atoms with E-state index in [0.717, 1.165) is 5.56 Å². The third-order valence-corrected chi connectivity index (χ3v) is 5.24. The minimum atomic E-state index is -0.839. The molecule has 0 bridgehead atoms. The zero-order valence-electron chi connectivity index (χ0n) is 15.1. The van der Waals surface area contributed by atoms with Crippen molar-refractivity contribution in [2.45, 2.75) is 18.6 Å². The standard InChI is InChI=1S/C20H20ClN3O3.ClH/c21-14-6-2-1-5-13(14)16-12-22-9-10-24(16)19(25)11-18-20(26)23-15-7-3-4-8-17(15)27-18;/h1-8,16,18,22H,9-12H2,(H,23,26);1H. The Morgan fingerprint density at radius 3 is 2.75 bits per heavy atom. The molecule has 28 heavy (non-hydrogen) atoms. The van der Waals surface area contributed by atoms with Gasteiger partial charge in [-0.15, -0.1) is 12.4 Å². The SMILES string of the molecule is Cl.O=C1Nc2ccccc2OC1CC(=O)N1CCNCC1c1ccccc1Cl. The lowest BCUT2D eigenvalue weighted by Gasteiger charge is -2.38. The van der Waals surface area contributed by atoms with E-state index in [0.29, 0.717) is 36.1 Å². The van der Waals surface area contributed by atoms with Gasteiger partial charge in [0.05, 0.1) is 18.2 Å². The molecular formula is C20H21Cl2N3O3. The largest absolute Gasteiger partial charge is 0.478 e. The van der Waals surface area contributed by atoms with Crippen LogP contribution >= 0.6 is 24.0 Å². The first-order valence-electron chi connectivity index (χ1n) is 8.94. The van der Waals surface area contributed by atoms with Crippen LogP contribution in [0.15, 0.2) is 48.5 Å². The van der Waals surface area contributed by atoms with Gasteiger partial charge in [0.15, 0.2) is 6.10 Å². The molecule has 0 aliphatic carbocycles. The molecule has 2 N–H and O–H groups in total. The van der Waals surface area contributed by atoms with Crippen molar-refractivity contribution in [1.82, 2.24) is 10.2 Å². The van der Waals surface area contributed by atoms with Crippen LogP contribution in [0.4, 0.5) is 5.69 Å². The first-order chi connectivity index (χ1) is 13.1. The molecule has 1 saturated heterocycles. The third kappa shape index (κ3) is 4.09. The van der Waals surface area contributed by atoms with E-state index in [1.807, 2.05) is 36.4 Å². The van der Waals surface area contributed by atoms with Gasteiger partial charge in [-0.2, -0.15) is 0 Å². The number of nitrogens with zero attached hydrogens (tertiary/aromatic N) is 1. The highest BCUT2D eigenvalue weighted by Gasteiger charge is 2.34. The molecule has 1 fully saturated rings. The quantitative estimate of drug-likeness (QED) is 0.798. The number of piperazine rings is 1. The predicted molar refractivity (Wildman–Crippen MR) is 110 cm³/mol. The summed E-state index contributed by atoms with van der Waals surface area (Å²) in [6.07, 6.45) is -0.851. The molecular weight excluding hydrogens is 401 g/mol. The molecule has 148 valence electrons. The fraction of sp³-hybridized carbons (Fsp3) is 0.300. The van der Waals surface area contributed by atoms with Crippen LogP contribution in [0.1, 0.15) is 18.0 Å². The van der Waals surface area contributed by atoms with Gasteiger partial charge in [-0.3, -0.25) is 9.59 Å². The van der Waals surface area contributed by atoms with Gasteiger partial charge in [-0.25, -0.2) is 0 Å². The maximum atomic E-state index is 13.0. The van der Waals surface area contributed by atoms with E-state index in [9.17, 15) is 9.59 Å². The number of nitrogens with one attached hydrogen (secondary N) is 2. The van der Waals surface area contributed by atoms with E-state index in [-0.39, 0.29) is 36.7 Å².